The molecule has 2 unspecified atom stereocenters. The summed E-state index contributed by atoms with van der Waals surface area (Å²) in [6.45, 7) is 10.0. The van der Waals surface area contributed by atoms with E-state index in [1.54, 1.807) is 0 Å². The van der Waals surface area contributed by atoms with Crippen molar-refractivity contribution in [3.05, 3.63) is 129 Å². The van der Waals surface area contributed by atoms with Gasteiger partial charge in [0.15, 0.2) is 12.5 Å². The van der Waals surface area contributed by atoms with Gasteiger partial charge in [0.2, 0.25) is 0 Å². The van der Waals surface area contributed by atoms with Crippen molar-refractivity contribution in [2.75, 3.05) is 27.2 Å². The van der Waals surface area contributed by atoms with Crippen LogP contribution in [0.25, 0.3) is 22.3 Å². The molecule has 2 heterocycles. The fourth-order valence-corrected chi connectivity index (χ4v) is 6.95. The number of carbonyl (C=O) groups excluding carboxylic acids is 2. The number of rotatable bonds is 6. The molecule has 6 rings (SSSR count). The van der Waals surface area contributed by atoms with E-state index in [0.717, 1.165) is 70.4 Å². The van der Waals surface area contributed by atoms with E-state index in [1.165, 1.54) is 34.4 Å². The van der Waals surface area contributed by atoms with Crippen molar-refractivity contribution in [1.82, 2.24) is 9.80 Å². The molecule has 2 aliphatic rings. The first-order valence-electron chi connectivity index (χ1n) is 16.0. The summed E-state index contributed by atoms with van der Waals surface area (Å²) in [4.78, 5) is 30.7. The first-order valence-corrected chi connectivity index (χ1v) is 16.0. The molecule has 0 radical (unpaired) electrons. The van der Waals surface area contributed by atoms with E-state index < -0.39 is 24.4 Å². The molecule has 6 nitrogen and oxygen atoms in total. The Labute approximate surface area is 272 Å². The number of fused-ring (bicyclic) bond motifs is 2. The Bertz CT molecular complexity index is 1680. The summed E-state index contributed by atoms with van der Waals surface area (Å²) in [6.07, 6.45) is 2.95. The molecular formula is C40H42N2O4. The predicted octanol–water partition coefficient (Wildman–Crippen LogP) is 7.57. The Morgan fingerprint density at radius 2 is 1.00 bits per heavy atom. The van der Waals surface area contributed by atoms with Gasteiger partial charge in [-0.3, -0.25) is 9.80 Å². The number of ether oxygens (including phenoxy) is 2. The van der Waals surface area contributed by atoms with Gasteiger partial charge < -0.3 is 9.47 Å². The van der Waals surface area contributed by atoms with Crippen LogP contribution in [0.15, 0.2) is 84.9 Å². The number of esters is 2. The van der Waals surface area contributed by atoms with Gasteiger partial charge in [-0.1, -0.05) is 72.8 Å². The molecule has 4 aromatic rings. The lowest BCUT2D eigenvalue weighted by molar-refractivity contribution is -0.156. The maximum Gasteiger partial charge on any atom is 0.332 e. The van der Waals surface area contributed by atoms with Gasteiger partial charge in [0.25, 0.3) is 0 Å². The standard InChI is InChI=1S/C40H42N2O4/c1-25-23-31-19-21-41(5)39(37(31)35(27(25)3)29-13-9-7-10-14-29)45-33(43)17-18-34(44)46-40-38-32(20-22-42(40)6)24-26(2)28(4)36(38)30-15-11-8-12-16-30/h7-18,23-24,39-40H,19-22H2,1-6H3/b18-17-. The number of benzene rings is 4. The molecular weight excluding hydrogens is 572 g/mol. The van der Waals surface area contributed by atoms with Crippen molar-refractivity contribution in [2.45, 2.75) is 53.0 Å². The van der Waals surface area contributed by atoms with Crippen LogP contribution in [-0.2, 0) is 31.9 Å². The zero-order chi connectivity index (χ0) is 32.5. The molecule has 6 heteroatoms. The number of hydrogen-bond donors (Lipinski definition) is 0. The molecule has 0 N–H and O–H groups in total. The number of nitrogens with zero attached hydrogens (tertiary/aromatic N) is 2. The molecule has 0 saturated heterocycles. The van der Waals surface area contributed by atoms with Crippen molar-refractivity contribution in [3.63, 3.8) is 0 Å². The minimum Gasteiger partial charge on any atom is -0.439 e. The molecule has 236 valence electrons. The maximum absolute atomic E-state index is 13.3. The molecule has 0 aliphatic carbocycles. The van der Waals surface area contributed by atoms with Crippen molar-refractivity contribution >= 4 is 11.9 Å². The van der Waals surface area contributed by atoms with Crippen LogP contribution in [0.2, 0.25) is 0 Å². The second-order valence-corrected chi connectivity index (χ2v) is 12.6. The van der Waals surface area contributed by atoms with E-state index in [-0.39, 0.29) is 0 Å². The second kappa shape index (κ2) is 13.1. The van der Waals surface area contributed by atoms with Gasteiger partial charge in [0.1, 0.15) is 0 Å². The predicted molar refractivity (Wildman–Crippen MR) is 182 cm³/mol. The lowest BCUT2D eigenvalue weighted by Crippen LogP contribution is -2.36. The molecule has 4 aromatic carbocycles. The fraction of sp³-hybridized carbons (Fsp3) is 0.300. The summed E-state index contributed by atoms with van der Waals surface area (Å²) in [5, 5.41) is 0. The monoisotopic (exact) mass is 614 g/mol. The van der Waals surface area contributed by atoms with Crippen molar-refractivity contribution in [3.8, 4) is 22.3 Å². The molecule has 46 heavy (non-hydrogen) atoms. The van der Waals surface area contributed by atoms with Crippen LogP contribution in [0.5, 0.6) is 0 Å². The highest BCUT2D eigenvalue weighted by Crippen LogP contribution is 2.42. The quantitative estimate of drug-likeness (QED) is 0.165. The Morgan fingerprint density at radius 1 is 0.630 bits per heavy atom. The van der Waals surface area contributed by atoms with E-state index in [9.17, 15) is 9.59 Å². The highest BCUT2D eigenvalue weighted by atomic mass is 16.6. The highest BCUT2D eigenvalue weighted by Gasteiger charge is 2.34. The van der Waals surface area contributed by atoms with Gasteiger partial charge in [-0.15, -0.1) is 0 Å². The van der Waals surface area contributed by atoms with Crippen LogP contribution in [0.3, 0.4) is 0 Å². The summed E-state index contributed by atoms with van der Waals surface area (Å²) < 4.78 is 12.2. The van der Waals surface area contributed by atoms with Gasteiger partial charge in [0, 0.05) is 36.4 Å². The number of aryl methyl sites for hydroxylation is 2. The summed E-state index contributed by atoms with van der Waals surface area (Å²) >= 11 is 0. The molecule has 0 saturated carbocycles. The first kappa shape index (κ1) is 31.5. The number of carbonyl (C=O) groups is 2. The average molecular weight is 615 g/mol. The second-order valence-electron chi connectivity index (χ2n) is 12.6. The highest BCUT2D eigenvalue weighted by molar-refractivity contribution is 5.92. The fourth-order valence-electron chi connectivity index (χ4n) is 6.95. The lowest BCUT2D eigenvalue weighted by Gasteiger charge is -2.36. The van der Waals surface area contributed by atoms with Crippen LogP contribution in [0.1, 0.15) is 57.0 Å². The van der Waals surface area contributed by atoms with E-state index in [0.29, 0.717) is 0 Å². The number of likely N-dealkylation sites (N-methyl/N-ethyl adjacent to an activating group) is 2. The summed E-state index contributed by atoms with van der Waals surface area (Å²) in [7, 11) is 3.93. The van der Waals surface area contributed by atoms with Crippen LogP contribution in [0, 0.1) is 27.7 Å². The third kappa shape index (κ3) is 6.03. The van der Waals surface area contributed by atoms with Crippen molar-refractivity contribution in [1.29, 1.82) is 0 Å². The third-order valence-electron chi connectivity index (χ3n) is 9.64. The zero-order valence-electron chi connectivity index (χ0n) is 27.6. The van der Waals surface area contributed by atoms with Crippen LogP contribution in [-0.4, -0.2) is 48.9 Å². The van der Waals surface area contributed by atoms with Gasteiger partial charge in [0.05, 0.1) is 0 Å². The molecule has 0 spiro atoms. The van der Waals surface area contributed by atoms with E-state index in [1.807, 2.05) is 50.5 Å². The summed E-state index contributed by atoms with van der Waals surface area (Å²) in [5.41, 5.74) is 13.5. The van der Waals surface area contributed by atoms with Crippen molar-refractivity contribution < 1.29 is 19.1 Å². The first-order chi connectivity index (χ1) is 22.1. The van der Waals surface area contributed by atoms with Crippen LogP contribution < -0.4 is 0 Å². The Hall–Kier alpha value is -4.52. The van der Waals surface area contributed by atoms with E-state index in [4.69, 9.17) is 9.47 Å². The Balaban J connectivity index is 1.25. The normalized spacial score (nSPS) is 18.2. The largest absolute Gasteiger partial charge is 0.439 e. The minimum atomic E-state index is -0.590. The van der Waals surface area contributed by atoms with Crippen LogP contribution in [0.4, 0.5) is 0 Å². The van der Waals surface area contributed by atoms with E-state index in [2.05, 4.69) is 73.9 Å². The Morgan fingerprint density at radius 3 is 1.37 bits per heavy atom. The van der Waals surface area contributed by atoms with Gasteiger partial charge in [-0.05, 0) is 110 Å². The smallest absolute Gasteiger partial charge is 0.332 e. The summed E-state index contributed by atoms with van der Waals surface area (Å²) in [5.74, 6) is -1.18. The average Bonchev–Trinajstić information content (AvgIpc) is 3.05. The van der Waals surface area contributed by atoms with Crippen LogP contribution >= 0.6 is 0 Å². The SMILES string of the molecule is Cc1cc2c(c(-c3ccccc3)c1C)C(OC(=O)/C=C\C(=O)OC1c3c(cc(C)c(C)c3-c3ccccc3)CCN1C)N(C)CC2. The molecule has 0 amide bonds. The third-order valence-corrected chi connectivity index (χ3v) is 9.64. The van der Waals surface area contributed by atoms with Gasteiger partial charge >= 0.3 is 11.9 Å². The maximum atomic E-state index is 13.3. The molecule has 0 aromatic heterocycles. The van der Waals surface area contributed by atoms with Gasteiger partial charge in [-0.2, -0.15) is 0 Å². The molecule has 2 aliphatic heterocycles. The molecule has 0 bridgehead atoms. The zero-order valence-corrected chi connectivity index (χ0v) is 27.6. The molecule has 0 fully saturated rings. The number of hydrogen-bond acceptors (Lipinski definition) is 6. The lowest BCUT2D eigenvalue weighted by atomic mass is 9.84. The minimum absolute atomic E-state index is 0.581. The Kier molecular flexibility index (Phi) is 8.94. The van der Waals surface area contributed by atoms with Crippen molar-refractivity contribution in [2.24, 2.45) is 0 Å². The molecule has 2 atom stereocenters. The summed E-state index contributed by atoms with van der Waals surface area (Å²) in [6, 6.07) is 24.9. The topological polar surface area (TPSA) is 59.1 Å². The van der Waals surface area contributed by atoms with E-state index >= 15 is 0 Å². The van der Waals surface area contributed by atoms with Gasteiger partial charge in [-0.25, -0.2) is 9.59 Å².